The maximum atomic E-state index is 11.7. The van der Waals surface area contributed by atoms with Gasteiger partial charge in [-0.05, 0) is 20.8 Å². The van der Waals surface area contributed by atoms with Crippen molar-refractivity contribution in [2.45, 2.75) is 39.8 Å². The highest BCUT2D eigenvalue weighted by molar-refractivity contribution is 5.93. The van der Waals surface area contributed by atoms with E-state index in [1.54, 1.807) is 10.8 Å². The van der Waals surface area contributed by atoms with E-state index in [-0.39, 0.29) is 18.0 Å². The van der Waals surface area contributed by atoms with Crippen LogP contribution < -0.4 is 15.2 Å². The van der Waals surface area contributed by atoms with E-state index in [1.807, 2.05) is 45.9 Å². The van der Waals surface area contributed by atoms with E-state index in [9.17, 15) is 9.59 Å². The molecule has 0 fully saturated rings. The molecule has 5 heteroatoms. The molecule has 2 N–H and O–H groups in total. The molecule has 0 spiro atoms. The van der Waals surface area contributed by atoms with Crippen molar-refractivity contribution in [1.82, 2.24) is 10.6 Å². The number of imide groups is 1. The normalized spacial score (nSPS) is 10.9. The summed E-state index contributed by atoms with van der Waals surface area (Å²) in [4.78, 5) is 23.2. The number of urea groups is 1. The van der Waals surface area contributed by atoms with Crippen LogP contribution in [-0.4, -0.2) is 17.5 Å². The maximum absolute atomic E-state index is 11.7. The summed E-state index contributed by atoms with van der Waals surface area (Å²) in [5.41, 5.74) is 0.601. The molecule has 0 bridgehead atoms. The van der Waals surface area contributed by atoms with E-state index in [1.165, 1.54) is 0 Å². The number of pyridine rings is 1. The zero-order valence-electron chi connectivity index (χ0n) is 11.3. The molecule has 18 heavy (non-hydrogen) atoms. The molecule has 5 nitrogen and oxygen atoms in total. The second kappa shape index (κ2) is 5.62. The summed E-state index contributed by atoms with van der Waals surface area (Å²) in [5.74, 6) is -0.337. The van der Waals surface area contributed by atoms with Crippen molar-refractivity contribution >= 4 is 11.9 Å². The number of hydrogen-bond acceptors (Lipinski definition) is 2. The van der Waals surface area contributed by atoms with Crippen molar-refractivity contribution in [3.63, 3.8) is 0 Å². The van der Waals surface area contributed by atoms with Crippen LogP contribution in [0.1, 0.15) is 26.5 Å². The Balaban J connectivity index is 2.53. The zero-order chi connectivity index (χ0) is 13.8. The summed E-state index contributed by atoms with van der Waals surface area (Å²) in [7, 11) is 0. The van der Waals surface area contributed by atoms with Gasteiger partial charge in [0.15, 0.2) is 11.9 Å². The molecule has 98 valence electrons. The Morgan fingerprint density at radius 1 is 1.28 bits per heavy atom. The summed E-state index contributed by atoms with van der Waals surface area (Å²) in [6.45, 7) is 7.60. The highest BCUT2D eigenvalue weighted by Crippen LogP contribution is 1.97. The molecule has 0 aliphatic carbocycles. The van der Waals surface area contributed by atoms with Crippen molar-refractivity contribution in [1.29, 1.82) is 0 Å². The molecule has 1 aromatic rings. The number of hydrogen-bond donors (Lipinski definition) is 2. The fourth-order valence-corrected chi connectivity index (χ4v) is 1.43. The Hall–Kier alpha value is -1.91. The fraction of sp³-hybridized carbons (Fsp3) is 0.462. The number of nitrogens with one attached hydrogen (secondary N) is 2. The average molecular weight is 250 g/mol. The highest BCUT2D eigenvalue weighted by Gasteiger charge is 2.18. The topological polar surface area (TPSA) is 62.1 Å². The second-order valence-corrected chi connectivity index (χ2v) is 5.22. The monoisotopic (exact) mass is 250 g/mol. The summed E-state index contributed by atoms with van der Waals surface area (Å²) in [6, 6.07) is 5.18. The first-order valence-electron chi connectivity index (χ1n) is 5.85. The summed E-state index contributed by atoms with van der Waals surface area (Å²) >= 11 is 0. The highest BCUT2D eigenvalue weighted by atomic mass is 16.2. The smallest absolute Gasteiger partial charge is 0.322 e. The third kappa shape index (κ3) is 4.95. The first-order valence-corrected chi connectivity index (χ1v) is 5.85. The van der Waals surface area contributed by atoms with Gasteiger partial charge in [0.2, 0.25) is 6.54 Å². The molecule has 1 aromatic heterocycles. The Kier molecular flexibility index (Phi) is 4.42. The fourth-order valence-electron chi connectivity index (χ4n) is 1.43. The number of carbonyl (C=O) groups excluding carboxylic acids is 2. The van der Waals surface area contributed by atoms with Crippen molar-refractivity contribution < 1.29 is 14.2 Å². The van der Waals surface area contributed by atoms with Crippen molar-refractivity contribution in [3.05, 3.63) is 30.1 Å². The number of rotatable bonds is 2. The lowest BCUT2D eigenvalue weighted by Crippen LogP contribution is -2.52. The predicted octanol–water partition coefficient (Wildman–Crippen LogP) is 0.907. The largest absolute Gasteiger partial charge is 0.333 e. The van der Waals surface area contributed by atoms with Crippen LogP contribution in [0.15, 0.2) is 24.4 Å². The Labute approximate surface area is 107 Å². The molecule has 3 amide bonds. The van der Waals surface area contributed by atoms with E-state index in [4.69, 9.17) is 0 Å². The van der Waals surface area contributed by atoms with Crippen molar-refractivity contribution in [2.24, 2.45) is 0 Å². The van der Waals surface area contributed by atoms with Gasteiger partial charge in [-0.2, -0.15) is 4.57 Å². The third-order valence-corrected chi connectivity index (χ3v) is 2.22. The molecule has 0 saturated heterocycles. The van der Waals surface area contributed by atoms with Crippen LogP contribution in [0, 0.1) is 6.92 Å². The Morgan fingerprint density at radius 2 is 1.94 bits per heavy atom. The SMILES string of the molecule is Cc1cccc[n+]1CC(=O)NC(=O)NC(C)(C)C. The van der Waals surface area contributed by atoms with E-state index < -0.39 is 6.03 Å². The number of aromatic nitrogens is 1. The lowest BCUT2D eigenvalue weighted by atomic mass is 10.1. The molecule has 1 heterocycles. The number of carbonyl (C=O) groups is 2. The van der Waals surface area contributed by atoms with Crippen LogP contribution in [0.2, 0.25) is 0 Å². The van der Waals surface area contributed by atoms with Crippen LogP contribution in [0.5, 0.6) is 0 Å². The van der Waals surface area contributed by atoms with E-state index in [0.29, 0.717) is 0 Å². The van der Waals surface area contributed by atoms with E-state index in [0.717, 1.165) is 5.69 Å². The van der Waals surface area contributed by atoms with E-state index >= 15 is 0 Å². The molecule has 0 aliphatic heterocycles. The second-order valence-electron chi connectivity index (χ2n) is 5.22. The lowest BCUT2D eigenvalue weighted by molar-refractivity contribution is -0.690. The standard InChI is InChI=1S/C13H19N3O2/c1-10-7-5-6-8-16(10)9-11(17)14-12(18)15-13(2,3)4/h5-8H,9H2,1-4H3,(H-,14,15,17,18)/p+1. The Morgan fingerprint density at radius 3 is 2.50 bits per heavy atom. The molecular weight excluding hydrogens is 230 g/mol. The molecule has 0 unspecified atom stereocenters. The quantitative estimate of drug-likeness (QED) is 0.766. The van der Waals surface area contributed by atoms with Gasteiger partial charge < -0.3 is 5.32 Å². The first-order chi connectivity index (χ1) is 8.28. The molecule has 0 aromatic carbocycles. The van der Waals surface area contributed by atoms with Gasteiger partial charge in [-0.25, -0.2) is 4.79 Å². The van der Waals surface area contributed by atoms with Gasteiger partial charge in [0, 0.05) is 24.6 Å². The zero-order valence-corrected chi connectivity index (χ0v) is 11.3. The van der Waals surface area contributed by atoms with Gasteiger partial charge in [0.1, 0.15) is 0 Å². The molecule has 0 atom stereocenters. The minimum atomic E-state index is -0.471. The van der Waals surface area contributed by atoms with Gasteiger partial charge in [-0.1, -0.05) is 6.07 Å². The summed E-state index contributed by atoms with van der Waals surface area (Å²) in [5, 5.41) is 4.97. The number of amides is 3. The lowest BCUT2D eigenvalue weighted by Gasteiger charge is -2.20. The minimum absolute atomic E-state index is 0.129. The summed E-state index contributed by atoms with van der Waals surface area (Å²) in [6.07, 6.45) is 1.80. The van der Waals surface area contributed by atoms with Crippen molar-refractivity contribution in [3.8, 4) is 0 Å². The minimum Gasteiger partial charge on any atom is -0.333 e. The van der Waals surface area contributed by atoms with Gasteiger partial charge in [0.25, 0.3) is 5.91 Å². The average Bonchev–Trinajstić information content (AvgIpc) is 2.18. The van der Waals surface area contributed by atoms with Crippen molar-refractivity contribution in [2.75, 3.05) is 0 Å². The summed E-state index contributed by atoms with van der Waals surface area (Å²) < 4.78 is 1.78. The van der Waals surface area contributed by atoms with Crippen LogP contribution in [0.4, 0.5) is 4.79 Å². The van der Waals surface area contributed by atoms with Crippen LogP contribution >= 0.6 is 0 Å². The van der Waals surface area contributed by atoms with Crippen LogP contribution in [0.3, 0.4) is 0 Å². The predicted molar refractivity (Wildman–Crippen MR) is 67.8 cm³/mol. The maximum Gasteiger partial charge on any atom is 0.322 e. The van der Waals surface area contributed by atoms with Gasteiger partial charge in [0.05, 0.1) is 0 Å². The molecular formula is C13H20N3O2+. The molecule has 0 radical (unpaired) electrons. The first kappa shape index (κ1) is 14.2. The van der Waals surface area contributed by atoms with Gasteiger partial charge >= 0.3 is 6.03 Å². The van der Waals surface area contributed by atoms with E-state index in [2.05, 4.69) is 10.6 Å². The van der Waals surface area contributed by atoms with Gasteiger partial charge in [-0.15, -0.1) is 0 Å². The third-order valence-electron chi connectivity index (χ3n) is 2.22. The molecule has 0 saturated carbocycles. The van der Waals surface area contributed by atoms with Crippen LogP contribution in [-0.2, 0) is 11.3 Å². The van der Waals surface area contributed by atoms with Crippen LogP contribution in [0.25, 0.3) is 0 Å². The number of nitrogens with zero attached hydrogens (tertiary/aromatic N) is 1. The van der Waals surface area contributed by atoms with Gasteiger partial charge in [-0.3, -0.25) is 10.1 Å². The molecule has 1 rings (SSSR count). The number of aryl methyl sites for hydroxylation is 1. The Bertz CT molecular complexity index is 450. The molecule has 0 aliphatic rings.